The van der Waals surface area contributed by atoms with Gasteiger partial charge in [-0.05, 0) is 68.4 Å². The summed E-state index contributed by atoms with van der Waals surface area (Å²) in [5, 5.41) is 3.08. The number of hydrogen-bond acceptors (Lipinski definition) is 3. The molecular weight excluding hydrogens is 424 g/mol. The normalized spacial score (nSPS) is 16.2. The summed E-state index contributed by atoms with van der Waals surface area (Å²) in [5.41, 5.74) is 2.87. The average Bonchev–Trinajstić information content (AvgIpc) is 2.76. The highest BCUT2D eigenvalue weighted by Crippen LogP contribution is 2.67. The SMILES string of the molecule is CCC(C(=O)Nc1c(C)cc(F)cc1C)[P+]1(CC(=O)OCc2ccccc2)CCCCC1. The quantitative estimate of drug-likeness (QED) is 0.384. The third-order valence-corrected chi connectivity index (χ3v) is 11.7. The monoisotopic (exact) mass is 458 g/mol. The number of halogens is 1. The van der Waals surface area contributed by atoms with Gasteiger partial charge < -0.3 is 10.1 Å². The van der Waals surface area contributed by atoms with Crippen LogP contribution in [-0.4, -0.2) is 36.0 Å². The number of nitrogens with one attached hydrogen (secondary N) is 1. The number of hydrogen-bond donors (Lipinski definition) is 1. The summed E-state index contributed by atoms with van der Waals surface area (Å²) in [7, 11) is -1.87. The van der Waals surface area contributed by atoms with Gasteiger partial charge in [-0.3, -0.25) is 4.79 Å². The Morgan fingerprint density at radius 3 is 2.28 bits per heavy atom. The number of carbonyl (C=O) groups is 2. The topological polar surface area (TPSA) is 55.4 Å². The van der Waals surface area contributed by atoms with Gasteiger partial charge in [0.25, 0.3) is 5.91 Å². The van der Waals surface area contributed by atoms with Crippen LogP contribution in [-0.2, 0) is 20.9 Å². The first kappa shape index (κ1) is 24.4. The number of esters is 1. The van der Waals surface area contributed by atoms with Crippen molar-refractivity contribution in [1.29, 1.82) is 0 Å². The lowest BCUT2D eigenvalue weighted by Gasteiger charge is -2.35. The molecule has 0 spiro atoms. The molecule has 1 atom stereocenters. The van der Waals surface area contributed by atoms with Crippen molar-refractivity contribution in [2.45, 2.75) is 58.7 Å². The van der Waals surface area contributed by atoms with Gasteiger partial charge in [0.05, 0.1) is 12.3 Å². The Kier molecular flexibility index (Phi) is 8.42. The summed E-state index contributed by atoms with van der Waals surface area (Å²) in [5.74, 6) is -0.552. The van der Waals surface area contributed by atoms with Crippen LogP contribution >= 0.6 is 7.26 Å². The zero-order chi connectivity index (χ0) is 23.1. The Bertz CT molecular complexity index is 918. The van der Waals surface area contributed by atoms with Crippen LogP contribution in [0, 0.1) is 19.7 Å². The highest BCUT2D eigenvalue weighted by atomic mass is 31.2. The molecule has 4 nitrogen and oxygen atoms in total. The minimum absolute atomic E-state index is 0.0450. The molecule has 1 fully saturated rings. The Hall–Kier alpha value is -2.26. The van der Waals surface area contributed by atoms with Crippen molar-refractivity contribution in [2.24, 2.45) is 0 Å². The molecule has 1 aliphatic heterocycles. The van der Waals surface area contributed by atoms with Crippen molar-refractivity contribution >= 4 is 24.8 Å². The van der Waals surface area contributed by atoms with Gasteiger partial charge in [-0.25, -0.2) is 9.18 Å². The van der Waals surface area contributed by atoms with Gasteiger partial charge in [0.2, 0.25) is 0 Å². The Morgan fingerprint density at radius 2 is 1.69 bits per heavy atom. The third kappa shape index (κ3) is 5.95. The maximum Gasteiger partial charge on any atom is 0.344 e. The first-order valence-corrected chi connectivity index (χ1v) is 13.9. The largest absolute Gasteiger partial charge is 0.458 e. The molecule has 1 aliphatic rings. The fraction of sp³-hybridized carbons (Fsp3) is 0.462. The summed E-state index contributed by atoms with van der Waals surface area (Å²) in [6, 6.07) is 12.5. The number of aryl methyl sites for hydroxylation is 2. The van der Waals surface area contributed by atoms with E-state index in [1.807, 2.05) is 37.3 Å². The smallest absolute Gasteiger partial charge is 0.344 e. The van der Waals surface area contributed by atoms with Crippen LogP contribution in [0.5, 0.6) is 0 Å². The molecule has 2 aromatic rings. The second-order valence-corrected chi connectivity index (χ2v) is 13.1. The maximum atomic E-state index is 13.7. The van der Waals surface area contributed by atoms with Crippen molar-refractivity contribution in [3.63, 3.8) is 0 Å². The van der Waals surface area contributed by atoms with E-state index in [1.165, 1.54) is 12.1 Å². The van der Waals surface area contributed by atoms with Crippen molar-refractivity contribution < 1.29 is 18.7 Å². The van der Waals surface area contributed by atoms with E-state index in [9.17, 15) is 14.0 Å². The second kappa shape index (κ2) is 11.0. The van der Waals surface area contributed by atoms with E-state index in [0.717, 1.165) is 37.1 Å². The first-order valence-electron chi connectivity index (χ1n) is 11.5. The van der Waals surface area contributed by atoms with Crippen molar-refractivity contribution in [3.8, 4) is 0 Å². The zero-order valence-electron chi connectivity index (χ0n) is 19.3. The molecule has 32 heavy (non-hydrogen) atoms. The van der Waals surface area contributed by atoms with E-state index in [0.29, 0.717) is 29.4 Å². The van der Waals surface area contributed by atoms with Crippen LogP contribution in [0.4, 0.5) is 10.1 Å². The van der Waals surface area contributed by atoms with Gasteiger partial charge in [0, 0.05) is 12.9 Å². The lowest BCUT2D eigenvalue weighted by molar-refractivity contribution is -0.141. The van der Waals surface area contributed by atoms with E-state index < -0.39 is 7.26 Å². The highest BCUT2D eigenvalue weighted by molar-refractivity contribution is 7.78. The molecule has 0 aromatic heterocycles. The Labute approximate surface area is 191 Å². The minimum atomic E-state index is -1.87. The number of benzene rings is 2. The minimum Gasteiger partial charge on any atom is -0.458 e. The fourth-order valence-electron chi connectivity index (χ4n) is 4.90. The van der Waals surface area contributed by atoms with Crippen LogP contribution < -0.4 is 5.32 Å². The molecule has 1 heterocycles. The number of carbonyl (C=O) groups excluding carboxylic acids is 2. The second-order valence-electron chi connectivity index (χ2n) is 8.86. The highest BCUT2D eigenvalue weighted by Gasteiger charge is 2.51. The molecule has 1 N–H and O–H groups in total. The third-order valence-electron chi connectivity index (χ3n) is 6.49. The van der Waals surface area contributed by atoms with E-state index in [2.05, 4.69) is 5.32 Å². The molecule has 0 aliphatic carbocycles. The summed E-state index contributed by atoms with van der Waals surface area (Å²) in [4.78, 5) is 26.3. The van der Waals surface area contributed by atoms with Crippen molar-refractivity contribution in [2.75, 3.05) is 23.8 Å². The predicted molar refractivity (Wildman–Crippen MR) is 130 cm³/mol. The van der Waals surface area contributed by atoms with Crippen LogP contribution in [0.3, 0.4) is 0 Å². The van der Waals surface area contributed by atoms with Gasteiger partial charge in [-0.15, -0.1) is 0 Å². The molecule has 0 bridgehead atoms. The number of ether oxygens (including phenoxy) is 1. The molecule has 172 valence electrons. The van der Waals surface area contributed by atoms with Gasteiger partial charge in [-0.2, -0.15) is 0 Å². The maximum absolute atomic E-state index is 13.7. The molecule has 1 saturated heterocycles. The number of rotatable bonds is 8. The van der Waals surface area contributed by atoms with Gasteiger partial charge in [0.1, 0.15) is 18.1 Å². The van der Waals surface area contributed by atoms with Gasteiger partial charge in [0.15, 0.2) is 6.16 Å². The lowest BCUT2D eigenvalue weighted by atomic mass is 10.1. The Balaban J connectivity index is 1.76. The summed E-state index contributed by atoms with van der Waals surface area (Å²) in [6.07, 6.45) is 6.19. The van der Waals surface area contributed by atoms with Crippen molar-refractivity contribution in [3.05, 3.63) is 65.0 Å². The van der Waals surface area contributed by atoms with E-state index in [-0.39, 0.29) is 30.0 Å². The van der Waals surface area contributed by atoms with Crippen LogP contribution in [0.15, 0.2) is 42.5 Å². The van der Waals surface area contributed by atoms with Crippen LogP contribution in [0.1, 0.15) is 49.3 Å². The standard InChI is InChI=1S/C26H33FNO3P/c1-4-23(26(30)28-25-19(2)15-22(27)16-20(25)3)32(13-9-6-10-14-32)18-24(29)31-17-21-11-7-5-8-12-21/h5,7-8,11-12,15-16,23H,4,6,9-10,13-14,17-18H2,1-3H3/p+1. The molecular formula is C26H34FNO3P+. The first-order chi connectivity index (χ1) is 15.3. The number of anilines is 1. The molecule has 0 saturated carbocycles. The summed E-state index contributed by atoms with van der Waals surface area (Å²) >= 11 is 0. The van der Waals surface area contributed by atoms with E-state index >= 15 is 0 Å². The number of amides is 1. The lowest BCUT2D eigenvalue weighted by Crippen LogP contribution is -2.37. The molecule has 1 amide bonds. The summed E-state index contributed by atoms with van der Waals surface area (Å²) in [6.45, 7) is 5.90. The molecule has 6 heteroatoms. The zero-order valence-corrected chi connectivity index (χ0v) is 20.2. The molecule has 1 unspecified atom stereocenters. The molecule has 3 rings (SSSR count). The average molecular weight is 459 g/mol. The van der Waals surface area contributed by atoms with Crippen LogP contribution in [0.2, 0.25) is 0 Å². The van der Waals surface area contributed by atoms with Gasteiger partial charge >= 0.3 is 5.97 Å². The van der Waals surface area contributed by atoms with Crippen molar-refractivity contribution in [1.82, 2.24) is 0 Å². The van der Waals surface area contributed by atoms with Crippen LogP contribution in [0.25, 0.3) is 0 Å². The fourth-order valence-corrected chi connectivity index (χ4v) is 9.93. The molecule has 0 radical (unpaired) electrons. The Morgan fingerprint density at radius 1 is 1.06 bits per heavy atom. The summed E-state index contributed by atoms with van der Waals surface area (Å²) < 4.78 is 19.3. The molecule has 2 aromatic carbocycles. The van der Waals surface area contributed by atoms with E-state index in [4.69, 9.17) is 4.74 Å². The predicted octanol–water partition coefficient (Wildman–Crippen LogP) is 6.10. The van der Waals surface area contributed by atoms with E-state index in [1.54, 1.807) is 13.8 Å². The van der Waals surface area contributed by atoms with Gasteiger partial charge in [-0.1, -0.05) is 37.3 Å².